The molecule has 0 aliphatic carbocycles. The summed E-state index contributed by atoms with van der Waals surface area (Å²) in [6.07, 6.45) is 1.17. The summed E-state index contributed by atoms with van der Waals surface area (Å²) in [5.41, 5.74) is 4.27. The maximum absolute atomic E-state index is 10.2. The van der Waals surface area contributed by atoms with E-state index in [4.69, 9.17) is 4.74 Å². The molecule has 0 spiro atoms. The Kier molecular flexibility index (Phi) is 4.11. The number of para-hydroxylation sites is 2. The van der Waals surface area contributed by atoms with Gasteiger partial charge in [0.15, 0.2) is 0 Å². The maximum Gasteiger partial charge on any atom is 0.119 e. The summed E-state index contributed by atoms with van der Waals surface area (Å²) in [7, 11) is 0. The van der Waals surface area contributed by atoms with Crippen molar-refractivity contribution in [2.75, 3.05) is 6.61 Å². The van der Waals surface area contributed by atoms with Gasteiger partial charge in [0, 0.05) is 0 Å². The molecule has 0 saturated heterocycles. The zero-order chi connectivity index (χ0) is 15.5. The first-order valence-electron chi connectivity index (χ1n) is 7.41. The summed E-state index contributed by atoms with van der Waals surface area (Å²) in [6.45, 7) is 4.79. The van der Waals surface area contributed by atoms with Crippen LogP contribution < -0.4 is 4.74 Å². The number of aliphatic hydroxyl groups is 1. The Hall–Kier alpha value is -2.33. The van der Waals surface area contributed by atoms with Gasteiger partial charge in [-0.05, 0) is 49.2 Å². The van der Waals surface area contributed by atoms with Crippen LogP contribution in [0.2, 0.25) is 0 Å². The molecule has 0 fully saturated rings. The Morgan fingerprint density at radius 3 is 2.64 bits per heavy atom. The highest BCUT2D eigenvalue weighted by atomic mass is 16.5. The quantitative estimate of drug-likeness (QED) is 0.787. The molecule has 3 aromatic rings. The molecule has 1 heterocycles. The first kappa shape index (κ1) is 14.6. The van der Waals surface area contributed by atoms with Crippen LogP contribution in [-0.2, 0) is 6.54 Å². The largest absolute Gasteiger partial charge is 0.491 e. The van der Waals surface area contributed by atoms with Crippen LogP contribution in [0.5, 0.6) is 5.75 Å². The van der Waals surface area contributed by atoms with E-state index in [0.717, 1.165) is 27.9 Å². The van der Waals surface area contributed by atoms with Gasteiger partial charge in [-0.2, -0.15) is 0 Å². The van der Waals surface area contributed by atoms with Crippen molar-refractivity contribution >= 4 is 11.0 Å². The monoisotopic (exact) mass is 296 g/mol. The molecule has 1 aromatic heterocycles. The van der Waals surface area contributed by atoms with E-state index in [9.17, 15) is 5.11 Å². The van der Waals surface area contributed by atoms with Gasteiger partial charge < -0.3 is 14.4 Å². The van der Waals surface area contributed by atoms with Crippen LogP contribution in [-0.4, -0.2) is 27.4 Å². The summed E-state index contributed by atoms with van der Waals surface area (Å²) in [5, 5.41) is 10.2. The van der Waals surface area contributed by atoms with Crippen LogP contribution in [0.1, 0.15) is 11.1 Å². The van der Waals surface area contributed by atoms with Gasteiger partial charge in [0.05, 0.1) is 23.9 Å². The molecule has 0 aliphatic heterocycles. The van der Waals surface area contributed by atoms with Gasteiger partial charge in [-0.1, -0.05) is 18.2 Å². The second-order valence-corrected chi connectivity index (χ2v) is 5.67. The van der Waals surface area contributed by atoms with Gasteiger partial charge in [0.1, 0.15) is 18.5 Å². The van der Waals surface area contributed by atoms with Crippen molar-refractivity contribution in [3.05, 3.63) is 59.9 Å². The molecule has 4 heteroatoms. The number of hydrogen-bond donors (Lipinski definition) is 1. The van der Waals surface area contributed by atoms with Crippen molar-refractivity contribution < 1.29 is 9.84 Å². The van der Waals surface area contributed by atoms with Crippen LogP contribution in [0, 0.1) is 13.8 Å². The van der Waals surface area contributed by atoms with Crippen LogP contribution >= 0.6 is 0 Å². The van der Waals surface area contributed by atoms with E-state index >= 15 is 0 Å². The highest BCUT2D eigenvalue weighted by Gasteiger charge is 2.09. The average molecular weight is 296 g/mol. The lowest BCUT2D eigenvalue weighted by atomic mass is 10.1. The number of nitrogens with zero attached hydrogens (tertiary/aromatic N) is 2. The molecule has 0 saturated carbocycles. The van der Waals surface area contributed by atoms with Gasteiger partial charge >= 0.3 is 0 Å². The molecular weight excluding hydrogens is 276 g/mol. The number of hydrogen-bond acceptors (Lipinski definition) is 3. The Labute approximate surface area is 130 Å². The highest BCUT2D eigenvalue weighted by molar-refractivity contribution is 5.74. The molecule has 1 atom stereocenters. The third-order valence-electron chi connectivity index (χ3n) is 3.57. The highest BCUT2D eigenvalue weighted by Crippen LogP contribution is 2.17. The van der Waals surface area contributed by atoms with Crippen LogP contribution in [0.3, 0.4) is 0 Å². The first-order valence-corrected chi connectivity index (χ1v) is 7.41. The van der Waals surface area contributed by atoms with E-state index in [1.807, 2.05) is 54.8 Å². The molecule has 0 unspecified atom stereocenters. The fourth-order valence-electron chi connectivity index (χ4n) is 2.64. The summed E-state index contributed by atoms with van der Waals surface area (Å²) in [6, 6.07) is 13.9. The smallest absolute Gasteiger partial charge is 0.119 e. The molecule has 4 nitrogen and oxygen atoms in total. The average Bonchev–Trinajstić information content (AvgIpc) is 2.88. The van der Waals surface area contributed by atoms with E-state index in [1.165, 1.54) is 0 Å². The van der Waals surface area contributed by atoms with E-state index in [0.29, 0.717) is 6.54 Å². The second-order valence-electron chi connectivity index (χ2n) is 5.67. The van der Waals surface area contributed by atoms with E-state index < -0.39 is 6.10 Å². The van der Waals surface area contributed by atoms with Crippen LogP contribution in [0.4, 0.5) is 0 Å². The number of ether oxygens (including phenoxy) is 1. The van der Waals surface area contributed by atoms with Crippen molar-refractivity contribution in [3.63, 3.8) is 0 Å². The number of imidazole rings is 1. The Morgan fingerprint density at radius 2 is 1.86 bits per heavy atom. The van der Waals surface area contributed by atoms with Gasteiger partial charge in [-0.3, -0.25) is 0 Å². The topological polar surface area (TPSA) is 47.3 Å². The Bertz CT molecular complexity index is 759. The molecule has 2 aromatic carbocycles. The normalized spacial score (nSPS) is 12.5. The number of rotatable bonds is 5. The minimum atomic E-state index is -0.585. The summed E-state index contributed by atoms with van der Waals surface area (Å²) in [4.78, 5) is 4.32. The Balaban J connectivity index is 1.64. The van der Waals surface area contributed by atoms with E-state index in [2.05, 4.69) is 11.1 Å². The predicted octanol–water partition coefficient (Wildman–Crippen LogP) is 3.09. The molecule has 0 aliphatic rings. The number of aliphatic hydroxyl groups excluding tert-OH is 1. The fraction of sp³-hybridized carbons (Fsp3) is 0.278. The lowest BCUT2D eigenvalue weighted by molar-refractivity contribution is 0.0933. The number of aryl methyl sites for hydroxylation is 2. The van der Waals surface area contributed by atoms with E-state index in [-0.39, 0.29) is 6.61 Å². The minimum Gasteiger partial charge on any atom is -0.491 e. The van der Waals surface area contributed by atoms with Crippen LogP contribution in [0.15, 0.2) is 48.8 Å². The summed E-state index contributed by atoms with van der Waals surface area (Å²) >= 11 is 0. The SMILES string of the molecule is Cc1cc(C)cc(OC[C@H](O)Cn2cnc3ccccc32)c1. The number of fused-ring (bicyclic) bond motifs is 1. The van der Waals surface area contributed by atoms with E-state index in [1.54, 1.807) is 6.33 Å². The minimum absolute atomic E-state index is 0.259. The van der Waals surface area contributed by atoms with Crippen molar-refractivity contribution in [1.82, 2.24) is 9.55 Å². The molecule has 0 bridgehead atoms. The summed E-state index contributed by atoms with van der Waals surface area (Å²) < 4.78 is 7.66. The lowest BCUT2D eigenvalue weighted by Gasteiger charge is -2.14. The van der Waals surface area contributed by atoms with Gasteiger partial charge in [0.25, 0.3) is 0 Å². The number of benzene rings is 2. The second kappa shape index (κ2) is 6.20. The molecule has 114 valence electrons. The summed E-state index contributed by atoms with van der Waals surface area (Å²) in [5.74, 6) is 0.798. The third kappa shape index (κ3) is 3.28. The zero-order valence-corrected chi connectivity index (χ0v) is 12.9. The van der Waals surface area contributed by atoms with Crippen molar-refractivity contribution in [1.29, 1.82) is 0 Å². The van der Waals surface area contributed by atoms with Gasteiger partial charge in [-0.25, -0.2) is 4.98 Å². The molecule has 0 radical (unpaired) electrons. The zero-order valence-electron chi connectivity index (χ0n) is 12.9. The Morgan fingerprint density at radius 1 is 1.14 bits per heavy atom. The fourth-order valence-corrected chi connectivity index (χ4v) is 2.64. The van der Waals surface area contributed by atoms with Crippen molar-refractivity contribution in [2.24, 2.45) is 0 Å². The molecular formula is C18H20N2O2. The van der Waals surface area contributed by atoms with Gasteiger partial charge in [-0.15, -0.1) is 0 Å². The standard InChI is InChI=1S/C18H20N2O2/c1-13-7-14(2)9-16(8-13)22-11-15(21)10-20-12-19-17-5-3-4-6-18(17)20/h3-9,12,15,21H,10-11H2,1-2H3/t15-/m1/s1. The van der Waals surface area contributed by atoms with Crippen molar-refractivity contribution in [2.45, 2.75) is 26.5 Å². The van der Waals surface area contributed by atoms with Crippen molar-refractivity contribution in [3.8, 4) is 5.75 Å². The molecule has 0 amide bonds. The first-order chi connectivity index (χ1) is 10.6. The molecule has 22 heavy (non-hydrogen) atoms. The molecule has 3 rings (SSSR count). The third-order valence-corrected chi connectivity index (χ3v) is 3.57. The molecule has 1 N–H and O–H groups in total. The lowest BCUT2D eigenvalue weighted by Crippen LogP contribution is -2.23. The van der Waals surface area contributed by atoms with Crippen LogP contribution in [0.25, 0.3) is 11.0 Å². The number of aromatic nitrogens is 2. The maximum atomic E-state index is 10.2. The van der Waals surface area contributed by atoms with Gasteiger partial charge in [0.2, 0.25) is 0 Å². The predicted molar refractivity (Wildman–Crippen MR) is 87.2 cm³/mol.